The van der Waals surface area contributed by atoms with E-state index in [0.29, 0.717) is 45.0 Å². The summed E-state index contributed by atoms with van der Waals surface area (Å²) >= 11 is 3.27. The summed E-state index contributed by atoms with van der Waals surface area (Å²) in [4.78, 5) is 19.3. The minimum absolute atomic E-state index is 0.0187. The molecule has 8 heteroatoms. The van der Waals surface area contributed by atoms with Gasteiger partial charge in [-0.1, -0.05) is 13.8 Å². The highest BCUT2D eigenvalue weighted by molar-refractivity contribution is 9.10. The molecule has 0 aromatic carbocycles. The lowest BCUT2D eigenvalue weighted by Gasteiger charge is -2.35. The normalized spacial score (nSPS) is 20.7. The number of aromatic nitrogens is 3. The van der Waals surface area contributed by atoms with Crippen molar-refractivity contribution in [2.24, 2.45) is 11.8 Å². The molecule has 2 N–H and O–H groups in total. The standard InChI is InChI=1S/C18H20BrN5O2/c1-10-5-11(2)8-23(7-10)18(25)12-6-13(20)17-21-16(22-24(17)9-12)14-3-4-15(19)26-14/h3-4,6,9-11H,5,7-8,20H2,1-2H3/t10-,11-/m1/s1. The van der Waals surface area contributed by atoms with Crippen molar-refractivity contribution in [2.75, 3.05) is 18.8 Å². The van der Waals surface area contributed by atoms with Crippen molar-refractivity contribution in [1.29, 1.82) is 0 Å². The average molecular weight is 418 g/mol. The summed E-state index contributed by atoms with van der Waals surface area (Å²) < 4.78 is 7.65. The van der Waals surface area contributed by atoms with Crippen molar-refractivity contribution in [3.8, 4) is 11.6 Å². The maximum atomic E-state index is 13.0. The predicted molar refractivity (Wildman–Crippen MR) is 102 cm³/mol. The minimum Gasteiger partial charge on any atom is -0.446 e. The van der Waals surface area contributed by atoms with Gasteiger partial charge >= 0.3 is 0 Å². The molecular weight excluding hydrogens is 398 g/mol. The molecule has 26 heavy (non-hydrogen) atoms. The van der Waals surface area contributed by atoms with Gasteiger partial charge < -0.3 is 15.1 Å². The molecule has 1 aliphatic heterocycles. The SMILES string of the molecule is C[C@@H]1C[C@@H](C)CN(C(=O)c2cc(N)c3nc(-c4ccc(Br)o4)nn3c2)C1. The van der Waals surface area contributed by atoms with Gasteiger partial charge in [-0.3, -0.25) is 4.79 Å². The van der Waals surface area contributed by atoms with Crippen LogP contribution >= 0.6 is 15.9 Å². The van der Waals surface area contributed by atoms with Crippen molar-refractivity contribution in [2.45, 2.75) is 20.3 Å². The number of halogens is 1. The molecule has 3 aromatic rings. The van der Waals surface area contributed by atoms with E-state index < -0.39 is 0 Å². The molecule has 2 atom stereocenters. The molecule has 1 amide bonds. The highest BCUT2D eigenvalue weighted by Gasteiger charge is 2.27. The van der Waals surface area contributed by atoms with Gasteiger partial charge in [-0.15, -0.1) is 5.10 Å². The fraction of sp³-hybridized carbons (Fsp3) is 0.389. The Morgan fingerprint density at radius 1 is 1.31 bits per heavy atom. The Morgan fingerprint density at radius 3 is 2.69 bits per heavy atom. The highest BCUT2D eigenvalue weighted by atomic mass is 79.9. The number of furan rings is 1. The Morgan fingerprint density at radius 2 is 2.04 bits per heavy atom. The molecule has 0 saturated carbocycles. The number of pyridine rings is 1. The first-order valence-electron chi connectivity index (χ1n) is 8.61. The molecule has 136 valence electrons. The van der Waals surface area contributed by atoms with Crippen LogP contribution < -0.4 is 5.73 Å². The number of nitrogen functional groups attached to an aromatic ring is 1. The zero-order chi connectivity index (χ0) is 18.4. The first kappa shape index (κ1) is 17.1. The Hall–Kier alpha value is -2.35. The van der Waals surface area contributed by atoms with Gasteiger partial charge in [0.15, 0.2) is 16.1 Å². The number of amides is 1. The summed E-state index contributed by atoms with van der Waals surface area (Å²) in [7, 11) is 0. The van der Waals surface area contributed by atoms with E-state index in [-0.39, 0.29) is 5.91 Å². The summed E-state index contributed by atoms with van der Waals surface area (Å²) in [6.07, 6.45) is 2.84. The average Bonchev–Trinajstić information content (AvgIpc) is 3.19. The van der Waals surface area contributed by atoms with Crippen molar-refractivity contribution in [3.63, 3.8) is 0 Å². The van der Waals surface area contributed by atoms with Gasteiger partial charge in [0.2, 0.25) is 5.82 Å². The number of piperidine rings is 1. The lowest BCUT2D eigenvalue weighted by molar-refractivity contribution is 0.0622. The van der Waals surface area contributed by atoms with Crippen molar-refractivity contribution >= 4 is 33.2 Å². The Balaban J connectivity index is 1.69. The van der Waals surface area contributed by atoms with Crippen molar-refractivity contribution in [3.05, 3.63) is 34.6 Å². The monoisotopic (exact) mass is 417 g/mol. The van der Waals surface area contributed by atoms with E-state index in [2.05, 4.69) is 39.9 Å². The molecular formula is C18H20BrN5O2. The van der Waals surface area contributed by atoms with E-state index in [1.54, 1.807) is 28.9 Å². The van der Waals surface area contributed by atoms with Crippen LogP contribution in [0.5, 0.6) is 0 Å². The number of nitrogens with zero attached hydrogens (tertiary/aromatic N) is 4. The number of hydrogen-bond donors (Lipinski definition) is 1. The van der Waals surface area contributed by atoms with Crippen LogP contribution in [-0.2, 0) is 0 Å². The summed E-state index contributed by atoms with van der Waals surface area (Å²) in [5.74, 6) is 1.94. The van der Waals surface area contributed by atoms with E-state index in [4.69, 9.17) is 10.2 Å². The largest absolute Gasteiger partial charge is 0.446 e. The van der Waals surface area contributed by atoms with Gasteiger partial charge in [-0.2, -0.15) is 0 Å². The molecule has 0 bridgehead atoms. The Labute approximate surface area is 159 Å². The van der Waals surface area contributed by atoms with E-state index in [1.165, 1.54) is 0 Å². The molecule has 4 rings (SSSR count). The second kappa shape index (κ2) is 6.42. The Kier molecular flexibility index (Phi) is 4.22. The van der Waals surface area contributed by atoms with E-state index in [9.17, 15) is 4.79 Å². The maximum absolute atomic E-state index is 13.0. The van der Waals surface area contributed by atoms with Crippen LogP contribution in [0.2, 0.25) is 0 Å². The van der Waals surface area contributed by atoms with Crippen LogP contribution in [0.25, 0.3) is 17.2 Å². The summed E-state index contributed by atoms with van der Waals surface area (Å²) in [5.41, 5.74) is 7.58. The van der Waals surface area contributed by atoms with Gasteiger partial charge in [-0.05, 0) is 52.4 Å². The first-order chi connectivity index (χ1) is 12.4. The molecule has 0 spiro atoms. The van der Waals surface area contributed by atoms with Gasteiger partial charge in [0, 0.05) is 19.3 Å². The first-order valence-corrected chi connectivity index (χ1v) is 9.41. The third-order valence-electron chi connectivity index (χ3n) is 4.66. The number of carbonyl (C=O) groups is 1. The molecule has 0 radical (unpaired) electrons. The number of carbonyl (C=O) groups excluding carboxylic acids is 1. The van der Waals surface area contributed by atoms with Gasteiger partial charge in [0.05, 0.1) is 11.3 Å². The molecule has 1 aliphatic rings. The van der Waals surface area contributed by atoms with Crippen LogP contribution in [-0.4, -0.2) is 38.5 Å². The predicted octanol–water partition coefficient (Wildman–Crippen LogP) is 3.45. The molecule has 1 saturated heterocycles. The quantitative estimate of drug-likeness (QED) is 0.689. The van der Waals surface area contributed by atoms with E-state index in [0.717, 1.165) is 19.5 Å². The van der Waals surface area contributed by atoms with E-state index >= 15 is 0 Å². The second-order valence-electron chi connectivity index (χ2n) is 7.15. The van der Waals surface area contributed by atoms with Crippen molar-refractivity contribution < 1.29 is 9.21 Å². The number of hydrogen-bond acceptors (Lipinski definition) is 5. The molecule has 0 aliphatic carbocycles. The van der Waals surface area contributed by atoms with Gasteiger partial charge in [0.25, 0.3) is 5.91 Å². The zero-order valence-electron chi connectivity index (χ0n) is 14.6. The third kappa shape index (κ3) is 3.09. The van der Waals surface area contributed by atoms with Crippen LogP contribution in [0.4, 0.5) is 5.69 Å². The maximum Gasteiger partial charge on any atom is 0.255 e. The number of rotatable bonds is 2. The summed E-state index contributed by atoms with van der Waals surface area (Å²) in [6, 6.07) is 5.23. The van der Waals surface area contributed by atoms with Crippen molar-refractivity contribution in [1.82, 2.24) is 19.5 Å². The van der Waals surface area contributed by atoms with E-state index in [1.807, 2.05) is 4.90 Å². The Bertz CT molecular complexity index is 969. The zero-order valence-corrected chi connectivity index (χ0v) is 16.2. The smallest absolute Gasteiger partial charge is 0.255 e. The number of anilines is 1. The fourth-order valence-corrected chi connectivity index (χ4v) is 3.98. The summed E-state index contributed by atoms with van der Waals surface area (Å²) in [6.45, 7) is 5.89. The summed E-state index contributed by atoms with van der Waals surface area (Å²) in [5, 5.41) is 4.42. The second-order valence-corrected chi connectivity index (χ2v) is 7.93. The number of fused-ring (bicyclic) bond motifs is 1. The third-order valence-corrected chi connectivity index (χ3v) is 5.08. The molecule has 4 heterocycles. The fourth-order valence-electron chi connectivity index (χ4n) is 3.68. The number of likely N-dealkylation sites (tertiary alicyclic amines) is 1. The molecule has 3 aromatic heterocycles. The number of nitrogens with two attached hydrogens (primary N) is 1. The minimum atomic E-state index is -0.0187. The highest BCUT2D eigenvalue weighted by Crippen LogP contribution is 2.26. The lowest BCUT2D eigenvalue weighted by atomic mass is 9.91. The van der Waals surface area contributed by atoms with Crippen LogP contribution in [0, 0.1) is 11.8 Å². The van der Waals surface area contributed by atoms with Crippen LogP contribution in [0.15, 0.2) is 33.5 Å². The van der Waals surface area contributed by atoms with Crippen LogP contribution in [0.3, 0.4) is 0 Å². The van der Waals surface area contributed by atoms with Crippen LogP contribution in [0.1, 0.15) is 30.6 Å². The molecule has 0 unspecified atom stereocenters. The topological polar surface area (TPSA) is 89.7 Å². The van der Waals surface area contributed by atoms with Gasteiger partial charge in [0.1, 0.15) is 0 Å². The van der Waals surface area contributed by atoms with Gasteiger partial charge in [-0.25, -0.2) is 9.50 Å². The molecule has 1 fully saturated rings. The lowest BCUT2D eigenvalue weighted by Crippen LogP contribution is -2.42. The molecule has 7 nitrogen and oxygen atoms in total.